The first kappa shape index (κ1) is 14.7. The lowest BCUT2D eigenvalue weighted by atomic mass is 9.88. The van der Waals surface area contributed by atoms with Crippen molar-refractivity contribution in [1.29, 1.82) is 0 Å². The fourth-order valence-corrected chi connectivity index (χ4v) is 2.49. The van der Waals surface area contributed by atoms with Crippen molar-refractivity contribution in [2.24, 2.45) is 5.92 Å². The molecule has 2 atom stereocenters. The van der Waals surface area contributed by atoms with Crippen LogP contribution in [-0.2, 0) is 0 Å². The first-order valence-electron chi connectivity index (χ1n) is 6.63. The van der Waals surface area contributed by atoms with Gasteiger partial charge in [-0.05, 0) is 42.5 Å². The molecule has 0 saturated heterocycles. The van der Waals surface area contributed by atoms with Crippen molar-refractivity contribution in [3.05, 3.63) is 34.3 Å². The lowest BCUT2D eigenvalue weighted by molar-refractivity contribution is 0.438. The van der Waals surface area contributed by atoms with Gasteiger partial charge in [0.25, 0.3) is 0 Å². The van der Waals surface area contributed by atoms with E-state index in [9.17, 15) is 0 Å². The van der Waals surface area contributed by atoms with Crippen molar-refractivity contribution < 1.29 is 0 Å². The monoisotopic (exact) mass is 297 g/mol. The summed E-state index contributed by atoms with van der Waals surface area (Å²) in [6, 6.07) is 8.73. The highest BCUT2D eigenvalue weighted by molar-refractivity contribution is 9.10. The van der Waals surface area contributed by atoms with E-state index >= 15 is 0 Å². The third-order valence-corrected chi connectivity index (χ3v) is 3.84. The molecule has 0 bridgehead atoms. The zero-order valence-corrected chi connectivity index (χ0v) is 12.8. The van der Waals surface area contributed by atoms with E-state index in [0.29, 0.717) is 5.92 Å². The van der Waals surface area contributed by atoms with E-state index in [-0.39, 0.29) is 0 Å². The van der Waals surface area contributed by atoms with Gasteiger partial charge in [0.2, 0.25) is 0 Å². The van der Waals surface area contributed by atoms with Gasteiger partial charge in [-0.15, -0.1) is 0 Å². The number of likely N-dealkylation sites (N-methyl/N-ethyl adjacent to an activating group) is 1. The molecule has 2 unspecified atom stereocenters. The van der Waals surface area contributed by atoms with Crippen LogP contribution in [0.5, 0.6) is 0 Å². The summed E-state index contributed by atoms with van der Waals surface area (Å²) < 4.78 is 1.18. The van der Waals surface area contributed by atoms with Gasteiger partial charge in [0, 0.05) is 11.0 Å². The standard InChI is InChI=1S/C15H24BrN/c1-4-12(3)9-14(11-17-5-2)13-7-6-8-15(16)10-13/h6-8,10,12,14,17H,4-5,9,11H2,1-3H3. The highest BCUT2D eigenvalue weighted by Crippen LogP contribution is 2.26. The summed E-state index contributed by atoms with van der Waals surface area (Å²) in [7, 11) is 0. The first-order valence-corrected chi connectivity index (χ1v) is 7.42. The van der Waals surface area contributed by atoms with Crippen LogP contribution in [0, 0.1) is 5.92 Å². The number of halogens is 1. The van der Waals surface area contributed by atoms with E-state index in [4.69, 9.17) is 0 Å². The molecular weight excluding hydrogens is 274 g/mol. The van der Waals surface area contributed by atoms with Crippen LogP contribution < -0.4 is 5.32 Å². The Labute approximate surface area is 114 Å². The minimum absolute atomic E-state index is 0.627. The minimum atomic E-state index is 0.627. The molecule has 1 aromatic carbocycles. The normalized spacial score (nSPS) is 14.6. The van der Waals surface area contributed by atoms with Crippen molar-refractivity contribution >= 4 is 15.9 Å². The summed E-state index contributed by atoms with van der Waals surface area (Å²) in [6.07, 6.45) is 2.52. The van der Waals surface area contributed by atoms with Gasteiger partial charge in [0.1, 0.15) is 0 Å². The van der Waals surface area contributed by atoms with Crippen LogP contribution in [0.1, 0.15) is 45.1 Å². The van der Waals surface area contributed by atoms with Crippen molar-refractivity contribution in [2.45, 2.75) is 39.5 Å². The van der Waals surface area contributed by atoms with Crippen LogP contribution in [-0.4, -0.2) is 13.1 Å². The molecule has 0 aliphatic rings. The summed E-state index contributed by atoms with van der Waals surface area (Å²) in [5.74, 6) is 1.42. The summed E-state index contributed by atoms with van der Waals surface area (Å²) >= 11 is 3.56. The number of hydrogen-bond donors (Lipinski definition) is 1. The largest absolute Gasteiger partial charge is 0.316 e. The topological polar surface area (TPSA) is 12.0 Å². The van der Waals surface area contributed by atoms with E-state index in [1.54, 1.807) is 0 Å². The quantitative estimate of drug-likeness (QED) is 0.777. The molecule has 0 spiro atoms. The van der Waals surface area contributed by atoms with E-state index in [1.807, 2.05) is 0 Å². The Kier molecular flexibility index (Phi) is 6.83. The van der Waals surface area contributed by atoms with Gasteiger partial charge in [0.15, 0.2) is 0 Å². The average molecular weight is 298 g/mol. The van der Waals surface area contributed by atoms with Crippen molar-refractivity contribution in [1.82, 2.24) is 5.32 Å². The number of rotatable bonds is 7. The molecule has 1 nitrogen and oxygen atoms in total. The predicted octanol–water partition coefficient (Wildman–Crippen LogP) is 4.58. The van der Waals surface area contributed by atoms with Crippen molar-refractivity contribution in [2.75, 3.05) is 13.1 Å². The highest BCUT2D eigenvalue weighted by Gasteiger charge is 2.14. The van der Waals surface area contributed by atoms with Crippen molar-refractivity contribution in [3.63, 3.8) is 0 Å². The van der Waals surface area contributed by atoms with E-state index < -0.39 is 0 Å². The summed E-state index contributed by atoms with van der Waals surface area (Å²) in [6.45, 7) is 8.91. The van der Waals surface area contributed by atoms with Crippen LogP contribution in [0.15, 0.2) is 28.7 Å². The second-order valence-corrected chi connectivity index (χ2v) is 5.72. The smallest absolute Gasteiger partial charge is 0.0178 e. The fourth-order valence-electron chi connectivity index (χ4n) is 2.07. The molecule has 0 aromatic heterocycles. The van der Waals surface area contributed by atoms with Crippen LogP contribution >= 0.6 is 15.9 Å². The zero-order chi connectivity index (χ0) is 12.7. The zero-order valence-electron chi connectivity index (χ0n) is 11.2. The number of hydrogen-bond acceptors (Lipinski definition) is 1. The molecule has 0 aliphatic carbocycles. The molecule has 17 heavy (non-hydrogen) atoms. The van der Waals surface area contributed by atoms with Gasteiger partial charge >= 0.3 is 0 Å². The Morgan fingerprint density at radius 2 is 2.06 bits per heavy atom. The Morgan fingerprint density at radius 3 is 2.65 bits per heavy atom. The molecule has 0 aliphatic heterocycles. The molecule has 1 N–H and O–H groups in total. The molecule has 1 rings (SSSR count). The first-order chi connectivity index (χ1) is 8.17. The summed E-state index contributed by atoms with van der Waals surface area (Å²) in [5, 5.41) is 3.48. The van der Waals surface area contributed by atoms with E-state index in [1.165, 1.54) is 22.9 Å². The average Bonchev–Trinajstić information content (AvgIpc) is 2.34. The van der Waals surface area contributed by atoms with Gasteiger partial charge < -0.3 is 5.32 Å². The lowest BCUT2D eigenvalue weighted by Gasteiger charge is -2.21. The highest BCUT2D eigenvalue weighted by atomic mass is 79.9. The maximum absolute atomic E-state index is 3.56. The molecule has 0 amide bonds. The summed E-state index contributed by atoms with van der Waals surface area (Å²) in [4.78, 5) is 0. The van der Waals surface area contributed by atoms with Gasteiger partial charge in [-0.2, -0.15) is 0 Å². The Bertz CT molecular complexity index is 324. The molecule has 0 saturated carbocycles. The Hall–Kier alpha value is -0.340. The third kappa shape index (κ3) is 5.22. The summed E-state index contributed by atoms with van der Waals surface area (Å²) in [5.41, 5.74) is 1.45. The lowest BCUT2D eigenvalue weighted by Crippen LogP contribution is -2.22. The number of nitrogens with one attached hydrogen (secondary N) is 1. The molecule has 0 fully saturated rings. The fraction of sp³-hybridized carbons (Fsp3) is 0.600. The van der Waals surface area contributed by atoms with Gasteiger partial charge in [-0.1, -0.05) is 55.3 Å². The molecular formula is C15H24BrN. The van der Waals surface area contributed by atoms with Gasteiger partial charge in [-0.3, -0.25) is 0 Å². The van der Waals surface area contributed by atoms with Crippen LogP contribution in [0.3, 0.4) is 0 Å². The SMILES string of the molecule is CCNCC(CC(C)CC)c1cccc(Br)c1. The predicted molar refractivity (Wildman–Crippen MR) is 79.5 cm³/mol. The maximum atomic E-state index is 3.56. The van der Waals surface area contributed by atoms with Crippen LogP contribution in [0.25, 0.3) is 0 Å². The van der Waals surface area contributed by atoms with Gasteiger partial charge in [0.05, 0.1) is 0 Å². The molecule has 2 heteroatoms. The van der Waals surface area contributed by atoms with Crippen LogP contribution in [0.4, 0.5) is 0 Å². The molecule has 0 radical (unpaired) electrons. The molecule has 96 valence electrons. The Balaban J connectivity index is 2.74. The van der Waals surface area contributed by atoms with E-state index in [0.717, 1.165) is 19.0 Å². The third-order valence-electron chi connectivity index (χ3n) is 3.34. The maximum Gasteiger partial charge on any atom is 0.0178 e. The minimum Gasteiger partial charge on any atom is -0.316 e. The number of benzene rings is 1. The van der Waals surface area contributed by atoms with E-state index in [2.05, 4.69) is 66.3 Å². The van der Waals surface area contributed by atoms with Crippen LogP contribution in [0.2, 0.25) is 0 Å². The second kappa shape index (κ2) is 7.88. The van der Waals surface area contributed by atoms with Gasteiger partial charge in [-0.25, -0.2) is 0 Å². The van der Waals surface area contributed by atoms with Crippen molar-refractivity contribution in [3.8, 4) is 0 Å². The second-order valence-electron chi connectivity index (χ2n) is 4.81. The molecule has 1 aromatic rings. The molecule has 0 heterocycles. The Morgan fingerprint density at radius 1 is 1.29 bits per heavy atom.